The van der Waals surface area contributed by atoms with Crippen molar-refractivity contribution in [3.05, 3.63) is 29.6 Å². The Balaban J connectivity index is 2.12. The molecule has 0 spiro atoms. The SMILES string of the molecule is O=C(O)N1CCC(Oc2cc(C(F)(F)F)ccc2F)C1. The van der Waals surface area contributed by atoms with Crippen molar-refractivity contribution in [2.45, 2.75) is 18.7 Å². The molecule has 1 fully saturated rings. The van der Waals surface area contributed by atoms with Crippen LogP contribution in [0.3, 0.4) is 0 Å². The Labute approximate surface area is 111 Å². The molecule has 1 amide bonds. The Hall–Kier alpha value is -1.99. The minimum atomic E-state index is -4.59. The number of nitrogens with zero attached hydrogens (tertiary/aromatic N) is 1. The number of hydrogen-bond donors (Lipinski definition) is 1. The van der Waals surface area contributed by atoms with Crippen molar-refractivity contribution >= 4 is 6.09 Å². The Kier molecular flexibility index (Phi) is 3.74. The zero-order valence-electron chi connectivity index (χ0n) is 10.2. The molecule has 1 aliphatic heterocycles. The van der Waals surface area contributed by atoms with Crippen molar-refractivity contribution in [2.75, 3.05) is 13.1 Å². The van der Waals surface area contributed by atoms with Gasteiger partial charge in [-0.2, -0.15) is 13.2 Å². The van der Waals surface area contributed by atoms with Crippen LogP contribution >= 0.6 is 0 Å². The maximum absolute atomic E-state index is 13.4. The quantitative estimate of drug-likeness (QED) is 0.853. The fourth-order valence-electron chi connectivity index (χ4n) is 1.95. The summed E-state index contributed by atoms with van der Waals surface area (Å²) in [5.41, 5.74) is -1.01. The van der Waals surface area contributed by atoms with E-state index in [2.05, 4.69) is 0 Å². The van der Waals surface area contributed by atoms with E-state index in [1.165, 1.54) is 0 Å². The molecule has 1 heterocycles. The summed E-state index contributed by atoms with van der Waals surface area (Å²) in [6.45, 7) is 0.214. The molecule has 1 unspecified atom stereocenters. The Bertz CT molecular complexity index is 518. The van der Waals surface area contributed by atoms with E-state index in [4.69, 9.17) is 9.84 Å². The molecule has 0 bridgehead atoms. The minimum absolute atomic E-state index is 0.00498. The maximum atomic E-state index is 13.4. The highest BCUT2D eigenvalue weighted by molar-refractivity contribution is 5.65. The number of amides is 1. The van der Waals surface area contributed by atoms with Crippen LogP contribution in [-0.4, -0.2) is 35.3 Å². The van der Waals surface area contributed by atoms with Crippen molar-refractivity contribution in [1.82, 2.24) is 4.90 Å². The van der Waals surface area contributed by atoms with Crippen molar-refractivity contribution in [3.63, 3.8) is 0 Å². The predicted octanol–water partition coefficient (Wildman–Crippen LogP) is 2.98. The van der Waals surface area contributed by atoms with Gasteiger partial charge in [-0.15, -0.1) is 0 Å². The summed E-state index contributed by atoms with van der Waals surface area (Å²) in [7, 11) is 0. The van der Waals surface area contributed by atoms with E-state index in [-0.39, 0.29) is 13.1 Å². The second-order valence-corrected chi connectivity index (χ2v) is 4.40. The standard InChI is InChI=1S/C12H11F4NO3/c13-9-2-1-7(12(14,15)16)5-10(9)20-8-3-4-17(6-8)11(18)19/h1-2,5,8H,3-4,6H2,(H,18,19). The van der Waals surface area contributed by atoms with E-state index in [9.17, 15) is 22.4 Å². The third-order valence-corrected chi connectivity index (χ3v) is 2.97. The number of alkyl halides is 3. The molecule has 8 heteroatoms. The zero-order valence-corrected chi connectivity index (χ0v) is 10.2. The van der Waals surface area contributed by atoms with Crippen LogP contribution in [0.4, 0.5) is 22.4 Å². The molecule has 1 saturated heterocycles. The molecule has 1 N–H and O–H groups in total. The first kappa shape index (κ1) is 14.4. The number of hydrogen-bond acceptors (Lipinski definition) is 2. The highest BCUT2D eigenvalue weighted by Gasteiger charge is 2.33. The van der Waals surface area contributed by atoms with Crippen LogP contribution in [0, 0.1) is 5.82 Å². The second kappa shape index (κ2) is 5.18. The fraction of sp³-hybridized carbons (Fsp3) is 0.417. The summed E-state index contributed by atoms with van der Waals surface area (Å²) in [5, 5.41) is 8.75. The smallest absolute Gasteiger partial charge is 0.416 e. The first-order valence-corrected chi connectivity index (χ1v) is 5.78. The van der Waals surface area contributed by atoms with Gasteiger partial charge in [0.25, 0.3) is 0 Å². The number of ether oxygens (including phenoxy) is 1. The van der Waals surface area contributed by atoms with Gasteiger partial charge in [0.15, 0.2) is 11.6 Å². The summed E-state index contributed by atoms with van der Waals surface area (Å²) in [6.07, 6.45) is -6.07. The van der Waals surface area contributed by atoms with E-state index < -0.39 is 35.5 Å². The molecule has 0 radical (unpaired) electrons. The van der Waals surface area contributed by atoms with Gasteiger partial charge in [-0.3, -0.25) is 0 Å². The zero-order chi connectivity index (χ0) is 14.9. The van der Waals surface area contributed by atoms with Crippen LogP contribution < -0.4 is 4.74 Å². The lowest BCUT2D eigenvalue weighted by Gasteiger charge is -2.16. The first-order chi connectivity index (χ1) is 9.27. The topological polar surface area (TPSA) is 49.8 Å². The Morgan fingerprint density at radius 3 is 2.65 bits per heavy atom. The molecule has 1 atom stereocenters. The highest BCUT2D eigenvalue weighted by Crippen LogP contribution is 2.33. The average Bonchev–Trinajstić information content (AvgIpc) is 2.79. The molecule has 1 aliphatic rings. The van der Waals surface area contributed by atoms with E-state index in [1.807, 2.05) is 0 Å². The number of benzene rings is 1. The van der Waals surface area contributed by atoms with Gasteiger partial charge in [-0.1, -0.05) is 0 Å². The first-order valence-electron chi connectivity index (χ1n) is 5.78. The van der Waals surface area contributed by atoms with E-state index in [1.54, 1.807) is 0 Å². The average molecular weight is 293 g/mol. The molecule has 0 saturated carbocycles. The van der Waals surface area contributed by atoms with Crippen LogP contribution in [0.25, 0.3) is 0 Å². The summed E-state index contributed by atoms with van der Waals surface area (Å²) < 4.78 is 56.1. The number of carboxylic acid groups (broad SMARTS) is 1. The molecule has 4 nitrogen and oxygen atoms in total. The van der Waals surface area contributed by atoms with Crippen LogP contribution in [0.2, 0.25) is 0 Å². The van der Waals surface area contributed by atoms with Gasteiger partial charge in [0.05, 0.1) is 12.1 Å². The van der Waals surface area contributed by atoms with Gasteiger partial charge in [-0.05, 0) is 18.2 Å². The summed E-state index contributed by atoms with van der Waals surface area (Å²) in [6, 6.07) is 1.89. The lowest BCUT2D eigenvalue weighted by molar-refractivity contribution is -0.137. The fourth-order valence-corrected chi connectivity index (χ4v) is 1.95. The monoisotopic (exact) mass is 293 g/mol. The van der Waals surface area contributed by atoms with Crippen LogP contribution in [0.15, 0.2) is 18.2 Å². The van der Waals surface area contributed by atoms with Crippen molar-refractivity contribution < 1.29 is 32.2 Å². The van der Waals surface area contributed by atoms with Crippen LogP contribution in [-0.2, 0) is 6.18 Å². The van der Waals surface area contributed by atoms with Gasteiger partial charge < -0.3 is 14.7 Å². The number of rotatable bonds is 2. The van der Waals surface area contributed by atoms with Crippen molar-refractivity contribution in [3.8, 4) is 5.75 Å². The highest BCUT2D eigenvalue weighted by atomic mass is 19.4. The molecule has 1 aromatic rings. The maximum Gasteiger partial charge on any atom is 0.416 e. The molecule has 0 aliphatic carbocycles. The van der Waals surface area contributed by atoms with Gasteiger partial charge in [0, 0.05) is 13.0 Å². The largest absolute Gasteiger partial charge is 0.485 e. The molecule has 1 aromatic carbocycles. The van der Waals surface area contributed by atoms with Gasteiger partial charge in [0.2, 0.25) is 0 Å². The molecule has 0 aromatic heterocycles. The third kappa shape index (κ3) is 3.12. The lowest BCUT2D eigenvalue weighted by atomic mass is 10.2. The van der Waals surface area contributed by atoms with Crippen LogP contribution in [0.1, 0.15) is 12.0 Å². The van der Waals surface area contributed by atoms with E-state index >= 15 is 0 Å². The van der Waals surface area contributed by atoms with Crippen molar-refractivity contribution in [1.29, 1.82) is 0 Å². The molecular weight excluding hydrogens is 282 g/mol. The van der Waals surface area contributed by atoms with E-state index in [0.717, 1.165) is 4.90 Å². The Morgan fingerprint density at radius 2 is 2.10 bits per heavy atom. The molecule has 20 heavy (non-hydrogen) atoms. The normalized spacial score (nSPS) is 19.2. The van der Waals surface area contributed by atoms with Gasteiger partial charge in [-0.25, -0.2) is 9.18 Å². The summed E-state index contributed by atoms with van der Waals surface area (Å²) >= 11 is 0. The predicted molar refractivity (Wildman–Crippen MR) is 60.0 cm³/mol. The van der Waals surface area contributed by atoms with Gasteiger partial charge >= 0.3 is 12.3 Å². The number of halogens is 4. The van der Waals surface area contributed by atoms with Gasteiger partial charge in [0.1, 0.15) is 6.10 Å². The Morgan fingerprint density at radius 1 is 1.40 bits per heavy atom. The number of carbonyl (C=O) groups is 1. The second-order valence-electron chi connectivity index (χ2n) is 4.40. The molecule has 2 rings (SSSR count). The summed E-state index contributed by atoms with van der Waals surface area (Å²) in [5.74, 6) is -1.43. The minimum Gasteiger partial charge on any atom is -0.485 e. The van der Waals surface area contributed by atoms with E-state index in [0.29, 0.717) is 24.6 Å². The van der Waals surface area contributed by atoms with Crippen molar-refractivity contribution in [2.24, 2.45) is 0 Å². The van der Waals surface area contributed by atoms with Crippen LogP contribution in [0.5, 0.6) is 5.75 Å². The summed E-state index contributed by atoms with van der Waals surface area (Å²) in [4.78, 5) is 11.8. The lowest BCUT2D eigenvalue weighted by Crippen LogP contribution is -2.29. The third-order valence-electron chi connectivity index (χ3n) is 2.97. The molecular formula is C12H11F4NO3. The number of likely N-dealkylation sites (tertiary alicyclic amines) is 1. The molecule has 110 valence electrons.